The molecule has 3 rings (SSSR count). The summed E-state index contributed by atoms with van der Waals surface area (Å²) in [7, 11) is 0. The number of fused-ring (bicyclic) bond motifs is 1. The van der Waals surface area contributed by atoms with E-state index in [-0.39, 0.29) is 15.0 Å². The maximum atomic E-state index is 14.3. The van der Waals surface area contributed by atoms with Gasteiger partial charge in [0.25, 0.3) is 0 Å². The molecule has 1 aromatic heterocycles. The highest BCUT2D eigenvalue weighted by Gasteiger charge is 2.21. The number of hydrogen-bond acceptors (Lipinski definition) is 4. The molecule has 1 saturated heterocycles. The van der Waals surface area contributed by atoms with Crippen molar-refractivity contribution in [1.82, 2.24) is 10.3 Å². The summed E-state index contributed by atoms with van der Waals surface area (Å²) in [4.78, 5) is 6.15. The van der Waals surface area contributed by atoms with Crippen molar-refractivity contribution in [2.24, 2.45) is 0 Å². The summed E-state index contributed by atoms with van der Waals surface area (Å²) in [6, 6.07) is 3.80. The van der Waals surface area contributed by atoms with Gasteiger partial charge in [0.05, 0.1) is 20.7 Å². The first kappa shape index (κ1) is 14.5. The number of benzene rings is 1. The molecular weight excluding hydrogens is 359 g/mol. The molecule has 1 N–H and O–H groups in total. The van der Waals surface area contributed by atoms with Gasteiger partial charge in [0.15, 0.2) is 5.82 Å². The third-order valence-electron chi connectivity index (χ3n) is 3.52. The number of halogens is 3. The Labute approximate surface area is 134 Å². The Morgan fingerprint density at radius 1 is 1.43 bits per heavy atom. The quantitative estimate of drug-likeness (QED) is 0.785. The fourth-order valence-corrected chi connectivity index (χ4v) is 3.03. The lowest BCUT2D eigenvalue weighted by molar-refractivity contribution is 0.589. The topological polar surface area (TPSA) is 52.0 Å². The molecule has 1 aliphatic rings. The van der Waals surface area contributed by atoms with E-state index in [1.807, 2.05) is 0 Å². The molecule has 0 unspecified atom stereocenters. The molecule has 21 heavy (non-hydrogen) atoms. The third-order valence-corrected chi connectivity index (χ3v) is 4.82. The Hall–Kier alpha value is -1.42. The number of nitriles is 1. The van der Waals surface area contributed by atoms with Crippen LogP contribution in [-0.4, -0.2) is 31.2 Å². The lowest BCUT2D eigenvalue weighted by atomic mass is 10.1. The molecule has 0 saturated carbocycles. The van der Waals surface area contributed by atoms with Gasteiger partial charge in [0.1, 0.15) is 11.6 Å². The first-order valence-electron chi connectivity index (χ1n) is 6.45. The lowest BCUT2D eigenvalue weighted by Gasteiger charge is -2.31. The van der Waals surface area contributed by atoms with Crippen LogP contribution in [0.3, 0.4) is 0 Å². The van der Waals surface area contributed by atoms with E-state index >= 15 is 0 Å². The van der Waals surface area contributed by atoms with Gasteiger partial charge in [-0.3, -0.25) is 4.98 Å². The van der Waals surface area contributed by atoms with Crippen LogP contribution in [0.1, 0.15) is 5.56 Å². The van der Waals surface area contributed by atoms with E-state index in [1.54, 1.807) is 6.07 Å². The molecule has 0 radical (unpaired) electrons. The fourth-order valence-electron chi connectivity index (χ4n) is 2.54. The molecule has 0 bridgehead atoms. The van der Waals surface area contributed by atoms with Gasteiger partial charge >= 0.3 is 0 Å². The molecule has 108 valence electrons. The second-order valence-corrected chi connectivity index (χ2v) is 5.95. The van der Waals surface area contributed by atoms with Crippen LogP contribution < -0.4 is 10.2 Å². The van der Waals surface area contributed by atoms with Gasteiger partial charge in [-0.15, -0.1) is 0 Å². The van der Waals surface area contributed by atoms with Crippen molar-refractivity contribution in [3.63, 3.8) is 0 Å². The van der Waals surface area contributed by atoms with Crippen molar-refractivity contribution in [2.75, 3.05) is 31.1 Å². The van der Waals surface area contributed by atoms with E-state index in [1.165, 1.54) is 6.20 Å². The molecular formula is C14H11BrClFN4. The Kier molecular flexibility index (Phi) is 3.98. The molecule has 0 amide bonds. The smallest absolute Gasteiger partial charge is 0.165 e. The SMILES string of the molecule is N#Cc1cnc2c(F)c(Br)c(Cl)cc2c1N1CCNCC1. The molecule has 7 heteroatoms. The highest BCUT2D eigenvalue weighted by atomic mass is 79.9. The summed E-state index contributed by atoms with van der Waals surface area (Å²) in [5.74, 6) is -0.502. The Balaban J connectivity index is 2.31. The van der Waals surface area contributed by atoms with Gasteiger partial charge in [-0.1, -0.05) is 11.6 Å². The van der Waals surface area contributed by atoms with Crippen LogP contribution in [0.4, 0.5) is 10.1 Å². The van der Waals surface area contributed by atoms with Gasteiger partial charge in [0, 0.05) is 37.8 Å². The zero-order valence-electron chi connectivity index (χ0n) is 11.0. The van der Waals surface area contributed by atoms with E-state index in [0.717, 1.165) is 26.2 Å². The first-order valence-corrected chi connectivity index (χ1v) is 7.62. The molecule has 0 atom stereocenters. The van der Waals surface area contributed by atoms with Crippen LogP contribution >= 0.6 is 27.5 Å². The van der Waals surface area contributed by atoms with Gasteiger partial charge < -0.3 is 10.2 Å². The van der Waals surface area contributed by atoms with Crippen molar-refractivity contribution in [1.29, 1.82) is 5.26 Å². The van der Waals surface area contributed by atoms with Crippen molar-refractivity contribution in [3.8, 4) is 6.07 Å². The van der Waals surface area contributed by atoms with Gasteiger partial charge in [-0.05, 0) is 22.0 Å². The Morgan fingerprint density at radius 3 is 2.81 bits per heavy atom. The number of nitrogens with zero attached hydrogens (tertiary/aromatic N) is 3. The van der Waals surface area contributed by atoms with E-state index < -0.39 is 5.82 Å². The van der Waals surface area contributed by atoms with Crippen molar-refractivity contribution < 1.29 is 4.39 Å². The molecule has 2 heterocycles. The van der Waals surface area contributed by atoms with Gasteiger partial charge in [-0.25, -0.2) is 4.39 Å². The number of pyridine rings is 1. The zero-order valence-corrected chi connectivity index (χ0v) is 13.3. The highest BCUT2D eigenvalue weighted by Crippen LogP contribution is 2.37. The van der Waals surface area contributed by atoms with Gasteiger partial charge in [0.2, 0.25) is 0 Å². The number of nitrogens with one attached hydrogen (secondary N) is 1. The zero-order chi connectivity index (χ0) is 15.0. The van der Waals surface area contributed by atoms with Crippen LogP contribution in [-0.2, 0) is 0 Å². The van der Waals surface area contributed by atoms with Crippen molar-refractivity contribution in [2.45, 2.75) is 0 Å². The fraction of sp³-hybridized carbons (Fsp3) is 0.286. The third kappa shape index (κ3) is 2.46. The van der Waals surface area contributed by atoms with E-state index in [2.05, 4.69) is 37.2 Å². The summed E-state index contributed by atoms with van der Waals surface area (Å²) in [5, 5.41) is 13.4. The van der Waals surface area contributed by atoms with Crippen LogP contribution in [0.15, 0.2) is 16.7 Å². The number of aromatic nitrogens is 1. The molecule has 2 aromatic rings. The maximum Gasteiger partial charge on any atom is 0.165 e. The summed E-state index contributed by atoms with van der Waals surface area (Å²) in [6.45, 7) is 3.15. The summed E-state index contributed by atoms with van der Waals surface area (Å²) >= 11 is 9.19. The molecule has 1 aliphatic heterocycles. The van der Waals surface area contributed by atoms with Gasteiger partial charge in [-0.2, -0.15) is 5.26 Å². The lowest BCUT2D eigenvalue weighted by Crippen LogP contribution is -2.44. The predicted octanol–water partition coefficient (Wildman–Crippen LogP) is 3.07. The normalized spacial score (nSPS) is 15.2. The number of anilines is 1. The average molecular weight is 370 g/mol. The van der Waals surface area contributed by atoms with E-state index in [4.69, 9.17) is 11.6 Å². The minimum absolute atomic E-state index is 0.195. The van der Waals surface area contributed by atoms with Crippen LogP contribution in [0.5, 0.6) is 0 Å². The maximum absolute atomic E-state index is 14.3. The minimum atomic E-state index is -0.502. The predicted molar refractivity (Wildman–Crippen MR) is 84.2 cm³/mol. The standard InChI is InChI=1S/C14H11BrClFN4/c15-11-10(16)5-9-13(12(11)17)20-7-8(6-18)14(9)21-3-1-19-2-4-21/h5,7,19H,1-4H2. The van der Waals surface area contributed by atoms with Crippen molar-refractivity contribution in [3.05, 3.63) is 33.1 Å². The molecule has 4 nitrogen and oxygen atoms in total. The number of piperazine rings is 1. The highest BCUT2D eigenvalue weighted by molar-refractivity contribution is 9.10. The van der Waals surface area contributed by atoms with E-state index in [0.29, 0.717) is 16.6 Å². The molecule has 0 spiro atoms. The summed E-state index contributed by atoms with van der Waals surface area (Å²) < 4.78 is 14.5. The Morgan fingerprint density at radius 2 is 2.14 bits per heavy atom. The molecule has 1 fully saturated rings. The largest absolute Gasteiger partial charge is 0.367 e. The number of hydrogen-bond donors (Lipinski definition) is 1. The Bertz CT molecular complexity index is 753. The molecule has 0 aliphatic carbocycles. The summed E-state index contributed by atoms with van der Waals surface area (Å²) in [6.07, 6.45) is 1.42. The second kappa shape index (κ2) is 5.76. The van der Waals surface area contributed by atoms with Crippen LogP contribution in [0.2, 0.25) is 5.02 Å². The second-order valence-electron chi connectivity index (χ2n) is 4.75. The summed E-state index contributed by atoms with van der Waals surface area (Å²) in [5.41, 5.74) is 1.36. The number of rotatable bonds is 1. The van der Waals surface area contributed by atoms with Crippen molar-refractivity contribution >= 4 is 44.1 Å². The average Bonchev–Trinajstić information content (AvgIpc) is 2.52. The van der Waals surface area contributed by atoms with Crippen LogP contribution in [0, 0.1) is 17.1 Å². The first-order chi connectivity index (χ1) is 10.1. The molecule has 1 aromatic carbocycles. The minimum Gasteiger partial charge on any atom is -0.367 e. The van der Waals surface area contributed by atoms with Crippen LogP contribution in [0.25, 0.3) is 10.9 Å². The monoisotopic (exact) mass is 368 g/mol. The van der Waals surface area contributed by atoms with E-state index in [9.17, 15) is 9.65 Å².